The number of hydrogen-bond acceptors (Lipinski definition) is 4. The molecule has 3 rings (SSSR count). The maximum Gasteiger partial charge on any atom is 0.261 e. The average molecular weight is 379 g/mol. The van der Waals surface area contributed by atoms with E-state index < -0.39 is 10.0 Å². The summed E-state index contributed by atoms with van der Waals surface area (Å²) in [4.78, 5) is 12.4. The molecule has 27 heavy (non-hydrogen) atoms. The van der Waals surface area contributed by atoms with Crippen LogP contribution in [0.5, 0.6) is 5.75 Å². The highest BCUT2D eigenvalue weighted by Gasteiger charge is 2.15. The smallest absolute Gasteiger partial charge is 0.261 e. The third-order valence-electron chi connectivity index (χ3n) is 3.78. The topological polar surface area (TPSA) is 83.5 Å². The lowest BCUT2D eigenvalue weighted by Crippen LogP contribution is -2.13. The van der Waals surface area contributed by atoms with Gasteiger partial charge in [-0.05, 0) is 48.0 Å². The Morgan fingerprint density at radius 3 is 2.30 bits per heavy atom. The highest BCUT2D eigenvalue weighted by Crippen LogP contribution is 2.18. The zero-order valence-electron chi connectivity index (χ0n) is 14.2. The van der Waals surface area contributed by atoms with Gasteiger partial charge in [0.15, 0.2) is 5.78 Å². The molecule has 0 amide bonds. The molecule has 136 valence electrons. The minimum Gasteiger partial charge on any atom is -0.508 e. The van der Waals surface area contributed by atoms with Crippen molar-refractivity contribution in [2.24, 2.45) is 0 Å². The summed E-state index contributed by atoms with van der Waals surface area (Å²) >= 11 is 0. The zero-order valence-corrected chi connectivity index (χ0v) is 15.1. The number of allylic oxidation sites excluding steroid dienone is 1. The van der Waals surface area contributed by atoms with Crippen LogP contribution in [0.1, 0.15) is 15.9 Å². The van der Waals surface area contributed by atoms with Crippen molar-refractivity contribution in [3.05, 3.63) is 96.1 Å². The normalized spacial score (nSPS) is 11.4. The molecule has 0 heterocycles. The molecule has 3 aromatic rings. The van der Waals surface area contributed by atoms with Crippen molar-refractivity contribution < 1.29 is 18.3 Å². The first-order valence-electron chi connectivity index (χ1n) is 8.13. The van der Waals surface area contributed by atoms with Gasteiger partial charge in [-0.25, -0.2) is 8.42 Å². The molecule has 0 spiro atoms. The second kappa shape index (κ2) is 7.88. The molecular weight excluding hydrogens is 362 g/mol. The van der Waals surface area contributed by atoms with Crippen LogP contribution in [0, 0.1) is 0 Å². The SMILES string of the molecule is O=C(/C=C/c1ccc(O)cc1)c1cccc(S(=O)(=O)Nc2ccccc2)c1. The Balaban J connectivity index is 1.80. The Morgan fingerprint density at radius 1 is 0.889 bits per heavy atom. The number of carbonyl (C=O) groups excluding carboxylic acids is 1. The van der Waals surface area contributed by atoms with Crippen molar-refractivity contribution in [1.29, 1.82) is 0 Å². The summed E-state index contributed by atoms with van der Waals surface area (Å²) in [6.07, 6.45) is 2.97. The molecule has 0 aliphatic rings. The van der Waals surface area contributed by atoms with Gasteiger partial charge in [0.05, 0.1) is 4.90 Å². The van der Waals surface area contributed by atoms with Gasteiger partial charge >= 0.3 is 0 Å². The first-order chi connectivity index (χ1) is 12.9. The van der Waals surface area contributed by atoms with E-state index in [-0.39, 0.29) is 22.0 Å². The maximum absolute atomic E-state index is 12.5. The first kappa shape index (κ1) is 18.4. The Hall–Kier alpha value is -3.38. The fraction of sp³-hybridized carbons (Fsp3) is 0. The summed E-state index contributed by atoms with van der Waals surface area (Å²) in [6.45, 7) is 0. The summed E-state index contributed by atoms with van der Waals surface area (Å²) in [5.41, 5.74) is 1.46. The van der Waals surface area contributed by atoms with Gasteiger partial charge in [-0.1, -0.05) is 48.5 Å². The maximum atomic E-state index is 12.5. The number of nitrogens with one attached hydrogen (secondary N) is 1. The van der Waals surface area contributed by atoms with Crippen LogP contribution >= 0.6 is 0 Å². The van der Waals surface area contributed by atoms with Crippen LogP contribution in [0.15, 0.2) is 89.8 Å². The molecule has 0 radical (unpaired) electrons. The predicted octanol–water partition coefficient (Wildman–Crippen LogP) is 4.09. The van der Waals surface area contributed by atoms with Crippen LogP contribution < -0.4 is 4.72 Å². The molecule has 0 aromatic heterocycles. The molecule has 2 N–H and O–H groups in total. The van der Waals surface area contributed by atoms with Crippen LogP contribution in [0.2, 0.25) is 0 Å². The number of benzene rings is 3. The van der Waals surface area contributed by atoms with E-state index in [1.165, 1.54) is 36.4 Å². The second-order valence-corrected chi connectivity index (χ2v) is 7.47. The van der Waals surface area contributed by atoms with E-state index in [0.717, 1.165) is 5.56 Å². The number of phenols is 1. The van der Waals surface area contributed by atoms with Crippen molar-refractivity contribution in [3.8, 4) is 5.75 Å². The molecular formula is C21H17NO4S. The lowest BCUT2D eigenvalue weighted by molar-refractivity contribution is 0.104. The minimum absolute atomic E-state index is 0.00948. The number of aromatic hydroxyl groups is 1. The van der Waals surface area contributed by atoms with Gasteiger partial charge < -0.3 is 5.11 Å². The quantitative estimate of drug-likeness (QED) is 0.499. The number of para-hydroxylation sites is 1. The lowest BCUT2D eigenvalue weighted by Gasteiger charge is -2.08. The van der Waals surface area contributed by atoms with Gasteiger partial charge in [0.25, 0.3) is 10.0 Å². The van der Waals surface area contributed by atoms with Crippen molar-refractivity contribution >= 4 is 27.6 Å². The van der Waals surface area contributed by atoms with E-state index in [9.17, 15) is 18.3 Å². The monoisotopic (exact) mass is 379 g/mol. The van der Waals surface area contributed by atoms with Crippen molar-refractivity contribution in [3.63, 3.8) is 0 Å². The Morgan fingerprint density at radius 2 is 1.59 bits per heavy atom. The molecule has 0 atom stereocenters. The molecule has 0 saturated heterocycles. The summed E-state index contributed by atoms with van der Waals surface area (Å²) in [7, 11) is -3.80. The fourth-order valence-electron chi connectivity index (χ4n) is 2.39. The van der Waals surface area contributed by atoms with Crippen LogP contribution in [0.25, 0.3) is 6.08 Å². The number of carbonyl (C=O) groups is 1. The fourth-order valence-corrected chi connectivity index (χ4v) is 3.49. The molecule has 0 bridgehead atoms. The largest absolute Gasteiger partial charge is 0.508 e. The Kier molecular flexibility index (Phi) is 5.38. The average Bonchev–Trinajstić information content (AvgIpc) is 2.68. The van der Waals surface area contributed by atoms with Gasteiger partial charge in [0.2, 0.25) is 0 Å². The summed E-state index contributed by atoms with van der Waals surface area (Å²) < 4.78 is 27.5. The zero-order chi connectivity index (χ0) is 19.3. The third kappa shape index (κ3) is 4.83. The van der Waals surface area contributed by atoms with Gasteiger partial charge in [-0.2, -0.15) is 0 Å². The van der Waals surface area contributed by atoms with E-state index in [4.69, 9.17) is 0 Å². The molecule has 3 aromatic carbocycles. The van der Waals surface area contributed by atoms with E-state index in [2.05, 4.69) is 4.72 Å². The van der Waals surface area contributed by atoms with Crippen LogP contribution in [-0.4, -0.2) is 19.3 Å². The van der Waals surface area contributed by atoms with Crippen molar-refractivity contribution in [2.75, 3.05) is 4.72 Å². The third-order valence-corrected chi connectivity index (χ3v) is 5.15. The van der Waals surface area contributed by atoms with E-state index in [1.54, 1.807) is 54.6 Å². The van der Waals surface area contributed by atoms with Crippen LogP contribution in [-0.2, 0) is 10.0 Å². The number of sulfonamides is 1. The molecule has 5 nitrogen and oxygen atoms in total. The molecule has 0 fully saturated rings. The molecule has 0 unspecified atom stereocenters. The highest BCUT2D eigenvalue weighted by atomic mass is 32.2. The predicted molar refractivity (Wildman–Crippen MR) is 105 cm³/mol. The molecule has 6 heteroatoms. The van der Waals surface area contributed by atoms with Crippen LogP contribution in [0.4, 0.5) is 5.69 Å². The second-order valence-electron chi connectivity index (χ2n) is 5.79. The Bertz CT molecular complexity index is 1070. The minimum atomic E-state index is -3.80. The van der Waals surface area contributed by atoms with Crippen molar-refractivity contribution in [1.82, 2.24) is 0 Å². The van der Waals surface area contributed by atoms with Crippen molar-refractivity contribution in [2.45, 2.75) is 4.90 Å². The number of rotatable bonds is 6. The number of phenolic OH excluding ortho intramolecular Hbond substituents is 1. The Labute approximate surface area is 157 Å². The van der Waals surface area contributed by atoms with E-state index in [0.29, 0.717) is 5.69 Å². The van der Waals surface area contributed by atoms with Gasteiger partial charge in [0, 0.05) is 11.3 Å². The summed E-state index contributed by atoms with van der Waals surface area (Å²) in [5.74, 6) is -0.179. The van der Waals surface area contributed by atoms with Gasteiger partial charge in [-0.15, -0.1) is 0 Å². The summed E-state index contributed by atoms with van der Waals surface area (Å²) in [5, 5.41) is 9.27. The number of hydrogen-bond donors (Lipinski definition) is 2. The molecule has 0 aliphatic carbocycles. The summed E-state index contributed by atoms with van der Waals surface area (Å²) in [6, 6.07) is 20.8. The van der Waals surface area contributed by atoms with Gasteiger partial charge in [0.1, 0.15) is 5.75 Å². The number of ketones is 1. The lowest BCUT2D eigenvalue weighted by atomic mass is 10.1. The molecule has 0 saturated carbocycles. The number of anilines is 1. The van der Waals surface area contributed by atoms with E-state index in [1.807, 2.05) is 0 Å². The van der Waals surface area contributed by atoms with E-state index >= 15 is 0 Å². The standard InChI is InChI=1S/C21H17NO4S/c23-19-12-9-16(10-13-19)11-14-21(24)17-5-4-8-20(15-17)27(25,26)22-18-6-2-1-3-7-18/h1-15,22-23H/b14-11+. The molecule has 0 aliphatic heterocycles. The highest BCUT2D eigenvalue weighted by molar-refractivity contribution is 7.92. The van der Waals surface area contributed by atoms with Gasteiger partial charge in [-0.3, -0.25) is 9.52 Å². The van der Waals surface area contributed by atoms with Crippen LogP contribution in [0.3, 0.4) is 0 Å². The first-order valence-corrected chi connectivity index (χ1v) is 9.62.